The summed E-state index contributed by atoms with van der Waals surface area (Å²) in [5.74, 6) is 1.39. The van der Waals surface area contributed by atoms with Gasteiger partial charge in [-0.3, -0.25) is 14.5 Å². The van der Waals surface area contributed by atoms with Crippen LogP contribution in [0.1, 0.15) is 18.4 Å². The molecule has 152 valence electrons. The van der Waals surface area contributed by atoms with Gasteiger partial charge in [-0.25, -0.2) is 0 Å². The summed E-state index contributed by atoms with van der Waals surface area (Å²) in [6, 6.07) is 7.08. The standard InChI is InChI=1S/C22H33N5O/c1-24-5-7-27(8-6-24)21-10-18-14-26(15-19(18)11-22(21)28)13-16-3-4-20-17(9-16)12-23-25(20)2/h3-4,9,12,18-19,21-22,28H,5-8,10-11,13-15H2,1-2H3/t18-,19+,21-,22-/m1/s1. The molecule has 4 atom stereocenters. The largest absolute Gasteiger partial charge is 0.391 e. The lowest BCUT2D eigenvalue weighted by Gasteiger charge is -2.44. The highest BCUT2D eigenvalue weighted by Gasteiger charge is 2.43. The Morgan fingerprint density at radius 3 is 2.57 bits per heavy atom. The molecule has 1 aromatic carbocycles. The lowest BCUT2D eigenvalue weighted by Crippen LogP contribution is -2.55. The maximum atomic E-state index is 10.8. The van der Waals surface area contributed by atoms with Crippen molar-refractivity contribution in [1.82, 2.24) is 24.5 Å². The Labute approximate surface area is 167 Å². The highest BCUT2D eigenvalue weighted by atomic mass is 16.3. The summed E-state index contributed by atoms with van der Waals surface area (Å²) < 4.78 is 1.93. The second kappa shape index (κ2) is 7.41. The van der Waals surface area contributed by atoms with Crippen LogP contribution in [0.2, 0.25) is 0 Å². The molecule has 5 rings (SSSR count). The van der Waals surface area contributed by atoms with Crippen molar-refractivity contribution in [1.29, 1.82) is 0 Å². The number of benzene rings is 1. The van der Waals surface area contributed by atoms with Crippen LogP contribution in [0.4, 0.5) is 0 Å². The average molecular weight is 384 g/mol. The van der Waals surface area contributed by atoms with E-state index >= 15 is 0 Å². The molecule has 6 nitrogen and oxygen atoms in total. The molecule has 0 bridgehead atoms. The van der Waals surface area contributed by atoms with Gasteiger partial charge in [0, 0.05) is 64.3 Å². The fraction of sp³-hybridized carbons (Fsp3) is 0.682. The van der Waals surface area contributed by atoms with Crippen molar-refractivity contribution in [2.75, 3.05) is 46.3 Å². The zero-order chi connectivity index (χ0) is 19.3. The first-order valence-electron chi connectivity index (χ1n) is 10.8. The molecular weight excluding hydrogens is 350 g/mol. The summed E-state index contributed by atoms with van der Waals surface area (Å²) >= 11 is 0. The maximum Gasteiger partial charge on any atom is 0.0698 e. The smallest absolute Gasteiger partial charge is 0.0698 e. The molecule has 0 unspecified atom stereocenters. The number of fused-ring (bicyclic) bond motifs is 2. The Balaban J connectivity index is 1.23. The van der Waals surface area contributed by atoms with Crippen LogP contribution in [0.5, 0.6) is 0 Å². The number of rotatable bonds is 3. The molecule has 3 heterocycles. The second-order valence-electron chi connectivity index (χ2n) is 9.32. The van der Waals surface area contributed by atoms with Gasteiger partial charge in [-0.05, 0) is 49.4 Å². The van der Waals surface area contributed by atoms with E-state index in [1.165, 1.54) is 23.0 Å². The van der Waals surface area contributed by atoms with Crippen LogP contribution < -0.4 is 0 Å². The summed E-state index contributed by atoms with van der Waals surface area (Å²) in [6.07, 6.45) is 3.93. The number of aliphatic hydroxyl groups excluding tert-OH is 1. The molecular formula is C22H33N5O. The molecule has 2 aromatic rings. The average Bonchev–Trinajstić information content (AvgIpc) is 3.24. The first-order chi connectivity index (χ1) is 13.6. The normalized spacial score (nSPS) is 32.8. The van der Waals surface area contributed by atoms with Gasteiger partial charge >= 0.3 is 0 Å². The number of aromatic nitrogens is 2. The summed E-state index contributed by atoms with van der Waals surface area (Å²) in [6.45, 7) is 7.76. The van der Waals surface area contributed by atoms with Crippen molar-refractivity contribution >= 4 is 10.9 Å². The van der Waals surface area contributed by atoms with Crippen LogP contribution in [0, 0.1) is 11.8 Å². The Morgan fingerprint density at radius 2 is 1.79 bits per heavy atom. The van der Waals surface area contributed by atoms with Crippen LogP contribution in [-0.2, 0) is 13.6 Å². The predicted octanol–water partition coefficient (Wildman–Crippen LogP) is 1.39. The first-order valence-corrected chi connectivity index (χ1v) is 10.8. The highest BCUT2D eigenvalue weighted by Crippen LogP contribution is 2.39. The third kappa shape index (κ3) is 3.47. The van der Waals surface area contributed by atoms with Crippen molar-refractivity contribution in [3.05, 3.63) is 30.0 Å². The van der Waals surface area contributed by atoms with Crippen molar-refractivity contribution in [2.24, 2.45) is 18.9 Å². The summed E-state index contributed by atoms with van der Waals surface area (Å²) in [7, 11) is 4.19. The number of likely N-dealkylation sites (tertiary alicyclic amines) is 1. The fourth-order valence-electron chi connectivity index (χ4n) is 5.75. The Kier molecular flexibility index (Phi) is 4.91. The van der Waals surface area contributed by atoms with Crippen LogP contribution in [0.15, 0.2) is 24.4 Å². The molecule has 1 saturated carbocycles. The van der Waals surface area contributed by atoms with E-state index in [4.69, 9.17) is 0 Å². The first kappa shape index (κ1) is 18.6. The number of aliphatic hydroxyl groups is 1. The molecule has 28 heavy (non-hydrogen) atoms. The maximum absolute atomic E-state index is 10.8. The summed E-state index contributed by atoms with van der Waals surface area (Å²) in [4.78, 5) is 7.55. The zero-order valence-electron chi connectivity index (χ0n) is 17.2. The molecule has 2 saturated heterocycles. The minimum absolute atomic E-state index is 0.156. The van der Waals surface area contributed by atoms with Crippen LogP contribution in [0.25, 0.3) is 10.9 Å². The number of hydrogen-bond acceptors (Lipinski definition) is 5. The lowest BCUT2D eigenvalue weighted by atomic mass is 9.77. The van der Waals surface area contributed by atoms with Gasteiger partial charge in [0.25, 0.3) is 0 Å². The van der Waals surface area contributed by atoms with E-state index in [-0.39, 0.29) is 6.10 Å². The van der Waals surface area contributed by atoms with Gasteiger partial charge in [0.05, 0.1) is 17.8 Å². The zero-order valence-corrected chi connectivity index (χ0v) is 17.2. The second-order valence-corrected chi connectivity index (χ2v) is 9.32. The number of aryl methyl sites for hydroxylation is 1. The number of likely N-dealkylation sites (N-methyl/N-ethyl adjacent to an activating group) is 1. The van der Waals surface area contributed by atoms with Crippen molar-refractivity contribution in [3.63, 3.8) is 0 Å². The number of hydrogen-bond donors (Lipinski definition) is 1. The van der Waals surface area contributed by atoms with E-state index in [0.717, 1.165) is 58.0 Å². The molecule has 1 N–H and O–H groups in total. The van der Waals surface area contributed by atoms with Crippen molar-refractivity contribution in [3.8, 4) is 0 Å². The Hall–Kier alpha value is -1.47. The topological polar surface area (TPSA) is 47.8 Å². The minimum atomic E-state index is -0.156. The molecule has 6 heteroatoms. The minimum Gasteiger partial charge on any atom is -0.391 e. The van der Waals surface area contributed by atoms with Crippen molar-refractivity contribution in [2.45, 2.75) is 31.5 Å². The van der Waals surface area contributed by atoms with E-state index < -0.39 is 0 Å². The molecule has 0 radical (unpaired) electrons. The summed E-state index contributed by atoms with van der Waals surface area (Å²) in [5, 5.41) is 16.4. The van der Waals surface area contributed by atoms with E-state index in [1.807, 2.05) is 17.9 Å². The van der Waals surface area contributed by atoms with E-state index in [2.05, 4.69) is 45.0 Å². The molecule has 3 fully saturated rings. The van der Waals surface area contributed by atoms with Gasteiger partial charge in [0.1, 0.15) is 0 Å². The number of nitrogens with zero attached hydrogens (tertiary/aromatic N) is 5. The molecule has 0 spiro atoms. The van der Waals surface area contributed by atoms with Crippen LogP contribution in [0.3, 0.4) is 0 Å². The molecule has 0 amide bonds. The van der Waals surface area contributed by atoms with Crippen LogP contribution >= 0.6 is 0 Å². The number of piperazine rings is 1. The van der Waals surface area contributed by atoms with Crippen molar-refractivity contribution < 1.29 is 5.11 Å². The molecule has 1 aliphatic carbocycles. The van der Waals surface area contributed by atoms with Gasteiger partial charge in [0.2, 0.25) is 0 Å². The Morgan fingerprint density at radius 1 is 1.04 bits per heavy atom. The van der Waals surface area contributed by atoms with Gasteiger partial charge in [-0.2, -0.15) is 5.10 Å². The third-order valence-corrected chi connectivity index (χ3v) is 7.41. The monoisotopic (exact) mass is 383 g/mol. The van der Waals surface area contributed by atoms with Gasteiger partial charge in [0.15, 0.2) is 0 Å². The third-order valence-electron chi connectivity index (χ3n) is 7.41. The highest BCUT2D eigenvalue weighted by molar-refractivity contribution is 5.79. The van der Waals surface area contributed by atoms with Gasteiger partial charge in [-0.1, -0.05) is 6.07 Å². The summed E-state index contributed by atoms with van der Waals surface area (Å²) in [5.41, 5.74) is 2.56. The van der Waals surface area contributed by atoms with E-state index in [1.54, 1.807) is 0 Å². The van der Waals surface area contributed by atoms with Gasteiger partial charge < -0.3 is 10.0 Å². The quantitative estimate of drug-likeness (QED) is 0.868. The predicted molar refractivity (Wildman–Crippen MR) is 111 cm³/mol. The van der Waals surface area contributed by atoms with Gasteiger partial charge in [-0.15, -0.1) is 0 Å². The Bertz CT molecular complexity index is 827. The SMILES string of the molecule is CN1CCN([C@@H]2C[C@@H]3CN(Cc4ccc5c(cnn5C)c4)C[C@@H]3C[C@H]2O)CC1. The van der Waals surface area contributed by atoms with Crippen LogP contribution in [-0.4, -0.2) is 88.0 Å². The fourth-order valence-corrected chi connectivity index (χ4v) is 5.75. The lowest BCUT2D eigenvalue weighted by molar-refractivity contribution is -0.0249. The van der Waals surface area contributed by atoms with E-state index in [0.29, 0.717) is 12.0 Å². The molecule has 1 aromatic heterocycles. The molecule has 3 aliphatic rings. The van der Waals surface area contributed by atoms with E-state index in [9.17, 15) is 5.11 Å². The molecule has 2 aliphatic heterocycles.